The number of methoxy groups -OCH3 is 2. The molecule has 0 heterocycles. The Hall–Kier alpha value is -0.740. The minimum absolute atomic E-state index is 0.0791. The van der Waals surface area contributed by atoms with Crippen LogP contribution in [0.1, 0.15) is 25.0 Å². The lowest BCUT2D eigenvalue weighted by atomic mass is 9.82. The summed E-state index contributed by atoms with van der Waals surface area (Å²) in [6.07, 6.45) is 0. The van der Waals surface area contributed by atoms with Crippen molar-refractivity contribution in [2.24, 2.45) is 0 Å². The second kappa shape index (κ2) is 5.27. The molecule has 0 spiro atoms. The van der Waals surface area contributed by atoms with Crippen molar-refractivity contribution in [1.82, 2.24) is 0 Å². The van der Waals surface area contributed by atoms with E-state index >= 15 is 0 Å². The SMILES string of the molecule is COc1c(Br)cc(C(C)(C)CO)c(C)c1OC. The van der Waals surface area contributed by atoms with Gasteiger partial charge in [0.25, 0.3) is 0 Å². The number of benzene rings is 1. The summed E-state index contributed by atoms with van der Waals surface area (Å²) in [6.45, 7) is 6.04. The molecule has 96 valence electrons. The van der Waals surface area contributed by atoms with Crippen LogP contribution in [0.2, 0.25) is 0 Å². The average molecular weight is 303 g/mol. The van der Waals surface area contributed by atoms with Gasteiger partial charge in [0.05, 0.1) is 25.3 Å². The fourth-order valence-electron chi connectivity index (χ4n) is 1.93. The predicted molar refractivity (Wildman–Crippen MR) is 72.1 cm³/mol. The Bertz CT molecular complexity index is 414. The molecule has 1 rings (SSSR count). The Balaban J connectivity index is 3.51. The molecule has 0 atom stereocenters. The first-order valence-corrected chi connectivity index (χ1v) is 6.20. The maximum Gasteiger partial charge on any atom is 0.175 e. The molecule has 4 heteroatoms. The van der Waals surface area contributed by atoms with Crippen LogP contribution in [0.5, 0.6) is 11.5 Å². The predicted octanol–water partition coefficient (Wildman–Crippen LogP) is 3.04. The van der Waals surface area contributed by atoms with Gasteiger partial charge < -0.3 is 14.6 Å². The second-order valence-corrected chi connectivity index (χ2v) is 5.49. The van der Waals surface area contributed by atoms with E-state index in [1.807, 2.05) is 26.8 Å². The smallest absolute Gasteiger partial charge is 0.175 e. The molecular weight excluding hydrogens is 284 g/mol. The Morgan fingerprint density at radius 2 is 1.76 bits per heavy atom. The fourth-order valence-corrected chi connectivity index (χ4v) is 2.50. The van der Waals surface area contributed by atoms with Gasteiger partial charge in [0.2, 0.25) is 0 Å². The molecule has 0 aliphatic rings. The van der Waals surface area contributed by atoms with E-state index in [9.17, 15) is 5.11 Å². The monoisotopic (exact) mass is 302 g/mol. The first-order chi connectivity index (χ1) is 7.88. The lowest BCUT2D eigenvalue weighted by Crippen LogP contribution is -2.23. The van der Waals surface area contributed by atoms with Crippen LogP contribution in [0.3, 0.4) is 0 Å². The van der Waals surface area contributed by atoms with E-state index in [2.05, 4.69) is 15.9 Å². The number of halogens is 1. The molecule has 1 aromatic carbocycles. The summed E-state index contributed by atoms with van der Waals surface area (Å²) in [6, 6.07) is 1.98. The molecule has 0 bridgehead atoms. The summed E-state index contributed by atoms with van der Waals surface area (Å²) in [5, 5.41) is 9.47. The Labute approximate surface area is 111 Å². The first kappa shape index (κ1) is 14.3. The zero-order valence-electron chi connectivity index (χ0n) is 10.9. The van der Waals surface area contributed by atoms with E-state index in [0.717, 1.165) is 15.6 Å². The summed E-state index contributed by atoms with van der Waals surface area (Å²) in [7, 11) is 3.23. The third-order valence-electron chi connectivity index (χ3n) is 2.97. The lowest BCUT2D eigenvalue weighted by Gasteiger charge is -2.27. The highest BCUT2D eigenvalue weighted by Crippen LogP contribution is 2.43. The average Bonchev–Trinajstić information content (AvgIpc) is 2.30. The zero-order valence-corrected chi connectivity index (χ0v) is 12.5. The highest BCUT2D eigenvalue weighted by Gasteiger charge is 2.26. The molecule has 1 aromatic rings. The van der Waals surface area contributed by atoms with Gasteiger partial charge in [-0.15, -0.1) is 0 Å². The van der Waals surface area contributed by atoms with E-state index in [-0.39, 0.29) is 12.0 Å². The summed E-state index contributed by atoms with van der Waals surface area (Å²) in [4.78, 5) is 0. The Kier molecular flexibility index (Phi) is 4.44. The summed E-state index contributed by atoms with van der Waals surface area (Å²) in [5.74, 6) is 1.39. The topological polar surface area (TPSA) is 38.7 Å². The Morgan fingerprint density at radius 3 is 2.18 bits per heavy atom. The van der Waals surface area contributed by atoms with Crippen molar-refractivity contribution in [3.05, 3.63) is 21.7 Å². The molecule has 0 aliphatic heterocycles. The van der Waals surface area contributed by atoms with E-state index in [1.54, 1.807) is 14.2 Å². The standard InChI is InChI=1S/C13H19BrO3/c1-8-9(13(2,3)7-15)6-10(14)12(17-5)11(8)16-4/h6,15H,7H2,1-5H3. The quantitative estimate of drug-likeness (QED) is 0.929. The maximum atomic E-state index is 9.47. The minimum atomic E-state index is -0.313. The summed E-state index contributed by atoms with van der Waals surface area (Å²) < 4.78 is 11.5. The van der Waals surface area contributed by atoms with Gasteiger partial charge in [0.15, 0.2) is 11.5 Å². The molecule has 0 radical (unpaired) electrons. The van der Waals surface area contributed by atoms with Gasteiger partial charge in [-0.2, -0.15) is 0 Å². The van der Waals surface area contributed by atoms with E-state index in [4.69, 9.17) is 9.47 Å². The van der Waals surface area contributed by atoms with Gasteiger partial charge in [-0.3, -0.25) is 0 Å². The van der Waals surface area contributed by atoms with Crippen LogP contribution >= 0.6 is 15.9 Å². The lowest BCUT2D eigenvalue weighted by molar-refractivity contribution is 0.217. The zero-order chi connectivity index (χ0) is 13.2. The normalized spacial score (nSPS) is 11.5. The molecule has 0 aliphatic carbocycles. The highest BCUT2D eigenvalue weighted by atomic mass is 79.9. The van der Waals surface area contributed by atoms with E-state index in [0.29, 0.717) is 11.5 Å². The molecule has 0 fully saturated rings. The van der Waals surface area contributed by atoms with Crippen molar-refractivity contribution in [3.8, 4) is 11.5 Å². The van der Waals surface area contributed by atoms with Crippen LogP contribution in [0.15, 0.2) is 10.5 Å². The third kappa shape index (κ3) is 2.58. The van der Waals surface area contributed by atoms with Crippen LogP contribution in [0.4, 0.5) is 0 Å². The molecule has 17 heavy (non-hydrogen) atoms. The third-order valence-corrected chi connectivity index (χ3v) is 3.56. The van der Waals surface area contributed by atoms with Gasteiger partial charge in [0.1, 0.15) is 0 Å². The highest BCUT2D eigenvalue weighted by molar-refractivity contribution is 9.10. The van der Waals surface area contributed by atoms with E-state index in [1.165, 1.54) is 0 Å². The van der Waals surface area contributed by atoms with Crippen molar-refractivity contribution in [1.29, 1.82) is 0 Å². The van der Waals surface area contributed by atoms with Crippen molar-refractivity contribution < 1.29 is 14.6 Å². The molecule has 0 unspecified atom stereocenters. The first-order valence-electron chi connectivity index (χ1n) is 5.41. The van der Waals surface area contributed by atoms with Gasteiger partial charge in [-0.1, -0.05) is 13.8 Å². The molecule has 0 aromatic heterocycles. The van der Waals surface area contributed by atoms with Crippen molar-refractivity contribution in [2.75, 3.05) is 20.8 Å². The Morgan fingerprint density at radius 1 is 1.24 bits per heavy atom. The largest absolute Gasteiger partial charge is 0.493 e. The molecule has 0 amide bonds. The fraction of sp³-hybridized carbons (Fsp3) is 0.538. The van der Waals surface area contributed by atoms with Gasteiger partial charge >= 0.3 is 0 Å². The van der Waals surface area contributed by atoms with Crippen molar-refractivity contribution in [2.45, 2.75) is 26.2 Å². The number of hydrogen-bond donors (Lipinski definition) is 1. The van der Waals surface area contributed by atoms with Gasteiger partial charge in [0, 0.05) is 5.41 Å². The van der Waals surface area contributed by atoms with Gasteiger partial charge in [-0.05, 0) is 40.0 Å². The molecule has 1 N–H and O–H groups in total. The number of aliphatic hydroxyl groups excluding tert-OH is 1. The summed E-state index contributed by atoms with van der Waals surface area (Å²) in [5.41, 5.74) is 1.72. The number of hydrogen-bond acceptors (Lipinski definition) is 3. The number of rotatable bonds is 4. The van der Waals surface area contributed by atoms with Crippen LogP contribution < -0.4 is 9.47 Å². The molecule has 0 saturated carbocycles. The van der Waals surface area contributed by atoms with Gasteiger partial charge in [-0.25, -0.2) is 0 Å². The minimum Gasteiger partial charge on any atom is -0.493 e. The summed E-state index contributed by atoms with van der Waals surface area (Å²) >= 11 is 3.47. The van der Waals surface area contributed by atoms with Crippen molar-refractivity contribution >= 4 is 15.9 Å². The van der Waals surface area contributed by atoms with Crippen LogP contribution in [-0.2, 0) is 5.41 Å². The van der Waals surface area contributed by atoms with Crippen LogP contribution in [0.25, 0.3) is 0 Å². The van der Waals surface area contributed by atoms with Crippen LogP contribution in [0, 0.1) is 6.92 Å². The molecule has 3 nitrogen and oxygen atoms in total. The molecular formula is C13H19BrO3. The van der Waals surface area contributed by atoms with Crippen molar-refractivity contribution in [3.63, 3.8) is 0 Å². The molecule has 0 saturated heterocycles. The van der Waals surface area contributed by atoms with Crippen LogP contribution in [-0.4, -0.2) is 25.9 Å². The maximum absolute atomic E-state index is 9.47. The number of aliphatic hydroxyl groups is 1. The number of ether oxygens (including phenoxy) is 2. The second-order valence-electron chi connectivity index (χ2n) is 4.64. The van der Waals surface area contributed by atoms with E-state index < -0.39 is 0 Å².